The Balaban J connectivity index is 1.93. The third kappa shape index (κ3) is 3.73. The molecule has 2 rings (SSSR count). The van der Waals surface area contributed by atoms with E-state index >= 15 is 0 Å². The molecule has 1 aromatic carbocycles. The third-order valence-electron chi connectivity index (χ3n) is 3.91. The van der Waals surface area contributed by atoms with Crippen LogP contribution in [0.2, 0.25) is 0 Å². The number of hydrogen-bond acceptors (Lipinski definition) is 3. The van der Waals surface area contributed by atoms with Crippen LogP contribution >= 0.6 is 0 Å². The van der Waals surface area contributed by atoms with Gasteiger partial charge in [0.2, 0.25) is 0 Å². The zero-order valence-corrected chi connectivity index (χ0v) is 12.8. The van der Waals surface area contributed by atoms with Crippen LogP contribution in [0.1, 0.15) is 23.2 Å². The SMILES string of the molecule is CN(CCN1CCCC1)C(=O)c1cccc(N(C)C)c1. The number of amides is 1. The number of anilines is 1. The monoisotopic (exact) mass is 275 g/mol. The van der Waals surface area contributed by atoms with Crippen molar-refractivity contribution in [1.29, 1.82) is 0 Å². The Morgan fingerprint density at radius 2 is 1.90 bits per heavy atom. The fraction of sp³-hybridized carbons (Fsp3) is 0.562. The highest BCUT2D eigenvalue weighted by Gasteiger charge is 2.15. The third-order valence-corrected chi connectivity index (χ3v) is 3.91. The van der Waals surface area contributed by atoms with E-state index in [9.17, 15) is 4.79 Å². The van der Waals surface area contributed by atoms with Gasteiger partial charge in [0.15, 0.2) is 0 Å². The van der Waals surface area contributed by atoms with Crippen molar-refractivity contribution in [2.24, 2.45) is 0 Å². The average molecular weight is 275 g/mol. The molecule has 0 radical (unpaired) electrons. The van der Waals surface area contributed by atoms with Gasteiger partial charge in [0.1, 0.15) is 0 Å². The van der Waals surface area contributed by atoms with Crippen LogP contribution < -0.4 is 4.90 Å². The molecule has 1 aromatic rings. The molecule has 1 heterocycles. The minimum Gasteiger partial charge on any atom is -0.378 e. The highest BCUT2D eigenvalue weighted by atomic mass is 16.2. The van der Waals surface area contributed by atoms with E-state index < -0.39 is 0 Å². The summed E-state index contributed by atoms with van der Waals surface area (Å²) in [6, 6.07) is 7.80. The van der Waals surface area contributed by atoms with Crippen LogP contribution in [0.5, 0.6) is 0 Å². The standard InChI is InChI=1S/C16H25N3O/c1-17(2)15-8-6-7-14(13-15)16(20)18(3)11-12-19-9-4-5-10-19/h6-8,13H,4-5,9-12H2,1-3H3. The molecular formula is C16H25N3O. The molecule has 4 nitrogen and oxygen atoms in total. The number of likely N-dealkylation sites (tertiary alicyclic amines) is 1. The minimum absolute atomic E-state index is 0.105. The maximum atomic E-state index is 12.4. The van der Waals surface area contributed by atoms with E-state index in [-0.39, 0.29) is 5.91 Å². The number of benzene rings is 1. The molecule has 4 heteroatoms. The molecule has 1 fully saturated rings. The highest BCUT2D eigenvalue weighted by molar-refractivity contribution is 5.95. The molecule has 1 aliphatic rings. The van der Waals surface area contributed by atoms with E-state index in [1.165, 1.54) is 25.9 Å². The van der Waals surface area contributed by atoms with Crippen LogP contribution in [-0.2, 0) is 0 Å². The summed E-state index contributed by atoms with van der Waals surface area (Å²) >= 11 is 0. The summed E-state index contributed by atoms with van der Waals surface area (Å²) < 4.78 is 0. The summed E-state index contributed by atoms with van der Waals surface area (Å²) in [6.45, 7) is 4.14. The fourth-order valence-corrected chi connectivity index (χ4v) is 2.54. The van der Waals surface area contributed by atoms with Gasteiger partial charge in [0.05, 0.1) is 0 Å². The van der Waals surface area contributed by atoms with Crippen molar-refractivity contribution >= 4 is 11.6 Å². The molecule has 1 aliphatic heterocycles. The summed E-state index contributed by atoms with van der Waals surface area (Å²) in [5.41, 5.74) is 1.82. The second-order valence-corrected chi connectivity index (χ2v) is 5.72. The van der Waals surface area contributed by atoms with Gasteiger partial charge in [-0.1, -0.05) is 6.07 Å². The Bertz CT molecular complexity index is 453. The van der Waals surface area contributed by atoms with Gasteiger partial charge in [0.25, 0.3) is 5.91 Å². The molecule has 0 spiro atoms. The van der Waals surface area contributed by atoms with Crippen molar-refractivity contribution in [3.05, 3.63) is 29.8 Å². The van der Waals surface area contributed by atoms with Gasteiger partial charge in [-0.3, -0.25) is 4.79 Å². The maximum absolute atomic E-state index is 12.4. The summed E-state index contributed by atoms with van der Waals surface area (Å²) in [6.07, 6.45) is 2.59. The number of rotatable bonds is 5. The zero-order valence-electron chi connectivity index (χ0n) is 12.8. The van der Waals surface area contributed by atoms with Gasteiger partial charge in [-0.05, 0) is 44.1 Å². The minimum atomic E-state index is 0.105. The normalized spacial score (nSPS) is 15.3. The number of nitrogens with zero attached hydrogens (tertiary/aromatic N) is 3. The van der Waals surface area contributed by atoms with Crippen LogP contribution in [0.4, 0.5) is 5.69 Å². The first-order valence-electron chi connectivity index (χ1n) is 7.33. The van der Waals surface area contributed by atoms with Gasteiger partial charge in [-0.15, -0.1) is 0 Å². The summed E-state index contributed by atoms with van der Waals surface area (Å²) in [5.74, 6) is 0.105. The van der Waals surface area contributed by atoms with E-state index in [0.717, 1.165) is 24.3 Å². The second-order valence-electron chi connectivity index (χ2n) is 5.72. The number of likely N-dealkylation sites (N-methyl/N-ethyl adjacent to an activating group) is 1. The number of carbonyl (C=O) groups excluding carboxylic acids is 1. The molecule has 0 unspecified atom stereocenters. The lowest BCUT2D eigenvalue weighted by Gasteiger charge is -2.22. The van der Waals surface area contributed by atoms with Gasteiger partial charge in [-0.25, -0.2) is 0 Å². The summed E-state index contributed by atoms with van der Waals surface area (Å²) in [5, 5.41) is 0. The average Bonchev–Trinajstić information content (AvgIpc) is 2.97. The lowest BCUT2D eigenvalue weighted by Crippen LogP contribution is -2.35. The van der Waals surface area contributed by atoms with Crippen molar-refractivity contribution in [1.82, 2.24) is 9.80 Å². The second kappa shape index (κ2) is 6.75. The van der Waals surface area contributed by atoms with E-state index in [4.69, 9.17) is 0 Å². The Hall–Kier alpha value is -1.55. The molecule has 0 aliphatic carbocycles. The van der Waals surface area contributed by atoms with Crippen LogP contribution in [0.3, 0.4) is 0 Å². The van der Waals surface area contributed by atoms with E-state index in [1.807, 2.05) is 55.2 Å². The van der Waals surface area contributed by atoms with E-state index in [1.54, 1.807) is 0 Å². The lowest BCUT2D eigenvalue weighted by molar-refractivity contribution is 0.0782. The lowest BCUT2D eigenvalue weighted by atomic mass is 10.1. The molecule has 0 atom stereocenters. The molecule has 20 heavy (non-hydrogen) atoms. The zero-order chi connectivity index (χ0) is 14.5. The van der Waals surface area contributed by atoms with Gasteiger partial charge in [-0.2, -0.15) is 0 Å². The van der Waals surface area contributed by atoms with Crippen molar-refractivity contribution in [3.8, 4) is 0 Å². The van der Waals surface area contributed by atoms with Crippen molar-refractivity contribution in [3.63, 3.8) is 0 Å². The Morgan fingerprint density at radius 3 is 2.55 bits per heavy atom. The predicted octanol–water partition coefficient (Wildman–Crippen LogP) is 1.92. The van der Waals surface area contributed by atoms with Crippen LogP contribution in [-0.4, -0.2) is 63.0 Å². The highest BCUT2D eigenvalue weighted by Crippen LogP contribution is 2.15. The number of hydrogen-bond donors (Lipinski definition) is 0. The molecular weight excluding hydrogens is 250 g/mol. The quantitative estimate of drug-likeness (QED) is 0.821. The van der Waals surface area contributed by atoms with Crippen LogP contribution in [0.25, 0.3) is 0 Å². The molecule has 0 bridgehead atoms. The maximum Gasteiger partial charge on any atom is 0.253 e. The summed E-state index contributed by atoms with van der Waals surface area (Å²) in [4.78, 5) is 18.7. The van der Waals surface area contributed by atoms with Crippen molar-refractivity contribution in [2.75, 3.05) is 52.2 Å². The van der Waals surface area contributed by atoms with Crippen molar-refractivity contribution in [2.45, 2.75) is 12.8 Å². The van der Waals surface area contributed by atoms with Crippen molar-refractivity contribution < 1.29 is 4.79 Å². The van der Waals surface area contributed by atoms with Gasteiger partial charge < -0.3 is 14.7 Å². The van der Waals surface area contributed by atoms with Gasteiger partial charge in [0, 0.05) is 45.5 Å². The Labute approximate surface area is 122 Å². The first-order chi connectivity index (χ1) is 9.58. The Kier molecular flexibility index (Phi) is 5.01. The molecule has 0 aromatic heterocycles. The van der Waals surface area contributed by atoms with E-state index in [2.05, 4.69) is 4.90 Å². The largest absolute Gasteiger partial charge is 0.378 e. The van der Waals surface area contributed by atoms with Crippen LogP contribution in [0.15, 0.2) is 24.3 Å². The predicted molar refractivity (Wildman–Crippen MR) is 83.4 cm³/mol. The van der Waals surface area contributed by atoms with E-state index in [0.29, 0.717) is 0 Å². The first-order valence-corrected chi connectivity index (χ1v) is 7.33. The molecule has 1 amide bonds. The van der Waals surface area contributed by atoms with Crippen LogP contribution in [0, 0.1) is 0 Å². The molecule has 110 valence electrons. The first kappa shape index (κ1) is 14.9. The number of carbonyl (C=O) groups is 1. The molecule has 0 N–H and O–H groups in total. The fourth-order valence-electron chi connectivity index (χ4n) is 2.54. The molecule has 0 saturated carbocycles. The topological polar surface area (TPSA) is 26.8 Å². The Morgan fingerprint density at radius 1 is 1.20 bits per heavy atom. The summed E-state index contributed by atoms with van der Waals surface area (Å²) in [7, 11) is 5.86. The molecule has 1 saturated heterocycles. The van der Waals surface area contributed by atoms with Gasteiger partial charge >= 0.3 is 0 Å². The smallest absolute Gasteiger partial charge is 0.253 e.